The van der Waals surface area contributed by atoms with Crippen LogP contribution < -0.4 is 0 Å². The van der Waals surface area contributed by atoms with Crippen LogP contribution in [0.2, 0.25) is 0 Å². The van der Waals surface area contributed by atoms with Crippen LogP contribution in [0, 0.1) is 0 Å². The minimum atomic E-state index is -4.49. The number of nitrogens with zero attached hydrogens (tertiary/aromatic N) is 6. The van der Waals surface area contributed by atoms with E-state index in [0.29, 0.717) is 23.5 Å². The van der Waals surface area contributed by atoms with Gasteiger partial charge >= 0.3 is 6.18 Å². The molecule has 0 aliphatic heterocycles. The number of aliphatic imine (C=N–C) groups is 1. The summed E-state index contributed by atoms with van der Waals surface area (Å²) in [6, 6.07) is 7.67. The molecule has 0 radical (unpaired) electrons. The second-order valence-corrected chi connectivity index (χ2v) is 7.84. The fourth-order valence-electron chi connectivity index (χ4n) is 3.22. The van der Waals surface area contributed by atoms with Crippen molar-refractivity contribution in [1.29, 1.82) is 0 Å². The third kappa shape index (κ3) is 8.84. The van der Waals surface area contributed by atoms with Gasteiger partial charge in [0.15, 0.2) is 0 Å². The molecular weight excluding hydrogens is 509 g/mol. The normalized spacial score (nSPS) is 12.5. The van der Waals surface area contributed by atoms with Crippen molar-refractivity contribution in [2.75, 3.05) is 7.11 Å². The lowest BCUT2D eigenvalue weighted by atomic mass is 10.1. The molecule has 0 spiro atoms. The molecule has 0 unspecified atom stereocenters. The van der Waals surface area contributed by atoms with E-state index in [1.165, 1.54) is 13.2 Å². The topological polar surface area (TPSA) is 79.3 Å². The van der Waals surface area contributed by atoms with Gasteiger partial charge in [-0.15, -0.1) is 0 Å². The van der Waals surface area contributed by atoms with E-state index < -0.39 is 11.7 Å². The van der Waals surface area contributed by atoms with E-state index in [-0.39, 0.29) is 18.3 Å². The van der Waals surface area contributed by atoms with Crippen LogP contribution in [0.15, 0.2) is 90.6 Å². The molecule has 2 heterocycles. The second kappa shape index (κ2) is 14.5. The standard InChI is InChI=1S/C26H27F3N6O2.C2H6/c1-6-22(26(27,28)29)12-7-18(2)37-17-24-23(15-32-34(24)4)25(36-5)33-19(3)21-10-8-20(9-11-21)16-35-30-13-14-31-35;1-2/h6-15H,1,3,16-17H2,2,4-5H3;1-2H3/b18-7+,22-12+,33-25?;. The molecule has 8 nitrogen and oxygen atoms in total. The van der Waals surface area contributed by atoms with E-state index in [0.717, 1.165) is 23.3 Å². The van der Waals surface area contributed by atoms with Crippen LogP contribution in [-0.2, 0) is 29.7 Å². The molecule has 3 rings (SSSR count). The van der Waals surface area contributed by atoms with Crippen molar-refractivity contribution in [3.8, 4) is 0 Å². The fourth-order valence-corrected chi connectivity index (χ4v) is 3.22. The Morgan fingerprint density at radius 3 is 2.28 bits per heavy atom. The van der Waals surface area contributed by atoms with Crippen LogP contribution >= 0.6 is 0 Å². The number of aryl methyl sites for hydroxylation is 1. The number of hydrogen-bond donors (Lipinski definition) is 0. The number of alkyl halides is 3. The maximum Gasteiger partial charge on any atom is 0.416 e. The molecule has 0 aliphatic carbocycles. The summed E-state index contributed by atoms with van der Waals surface area (Å²) in [5.74, 6) is 0.551. The van der Waals surface area contributed by atoms with Crippen molar-refractivity contribution in [3.63, 3.8) is 0 Å². The Morgan fingerprint density at radius 1 is 1.08 bits per heavy atom. The summed E-state index contributed by atoms with van der Waals surface area (Å²) in [7, 11) is 3.20. The number of rotatable bonds is 10. The Labute approximate surface area is 226 Å². The first-order valence-electron chi connectivity index (χ1n) is 12.1. The number of hydrogen-bond acceptors (Lipinski definition) is 6. The summed E-state index contributed by atoms with van der Waals surface area (Å²) >= 11 is 0. The zero-order chi connectivity index (χ0) is 29.0. The average Bonchev–Trinajstić information content (AvgIpc) is 3.56. The van der Waals surface area contributed by atoms with E-state index in [1.807, 2.05) is 38.1 Å². The summed E-state index contributed by atoms with van der Waals surface area (Å²) in [5, 5.41) is 12.4. The average molecular weight is 543 g/mol. The van der Waals surface area contributed by atoms with Crippen molar-refractivity contribution >= 4 is 11.6 Å². The van der Waals surface area contributed by atoms with E-state index in [9.17, 15) is 13.2 Å². The third-order valence-electron chi connectivity index (χ3n) is 5.28. The van der Waals surface area contributed by atoms with Gasteiger partial charge in [0, 0.05) is 7.05 Å². The molecule has 39 heavy (non-hydrogen) atoms. The van der Waals surface area contributed by atoms with Crippen molar-refractivity contribution in [3.05, 3.63) is 108 Å². The highest BCUT2D eigenvalue weighted by molar-refractivity contribution is 5.98. The molecule has 0 atom stereocenters. The van der Waals surface area contributed by atoms with Gasteiger partial charge in [-0.05, 0) is 30.2 Å². The number of allylic oxidation sites excluding steroid dienone is 5. The minimum Gasteiger partial charge on any atom is -0.492 e. The molecule has 0 fully saturated rings. The maximum absolute atomic E-state index is 12.9. The minimum absolute atomic E-state index is 0.0302. The Balaban J connectivity index is 0.00000260. The van der Waals surface area contributed by atoms with Gasteiger partial charge in [0.25, 0.3) is 0 Å². The van der Waals surface area contributed by atoms with E-state index in [4.69, 9.17) is 9.47 Å². The smallest absolute Gasteiger partial charge is 0.416 e. The highest BCUT2D eigenvalue weighted by Crippen LogP contribution is 2.26. The Bertz CT molecular complexity index is 1320. The molecule has 0 saturated carbocycles. The first kappa shape index (κ1) is 30.8. The highest BCUT2D eigenvalue weighted by atomic mass is 19.4. The predicted octanol–water partition coefficient (Wildman–Crippen LogP) is 6.25. The lowest BCUT2D eigenvalue weighted by Gasteiger charge is -2.11. The third-order valence-corrected chi connectivity index (χ3v) is 5.28. The van der Waals surface area contributed by atoms with Crippen LogP contribution in [0.25, 0.3) is 5.70 Å². The largest absolute Gasteiger partial charge is 0.492 e. The quantitative estimate of drug-likeness (QED) is 0.131. The van der Waals surface area contributed by atoms with E-state index in [1.54, 1.807) is 42.0 Å². The van der Waals surface area contributed by atoms with Gasteiger partial charge in [-0.1, -0.05) is 57.3 Å². The summed E-state index contributed by atoms with van der Waals surface area (Å²) in [4.78, 5) is 6.12. The van der Waals surface area contributed by atoms with E-state index >= 15 is 0 Å². The number of halogens is 3. The van der Waals surface area contributed by atoms with Gasteiger partial charge in [0.1, 0.15) is 6.61 Å². The van der Waals surface area contributed by atoms with Crippen molar-refractivity contribution in [2.45, 2.75) is 40.1 Å². The highest BCUT2D eigenvalue weighted by Gasteiger charge is 2.30. The molecule has 1 aromatic carbocycles. The van der Waals surface area contributed by atoms with Gasteiger partial charge in [0.05, 0.1) is 60.5 Å². The lowest BCUT2D eigenvalue weighted by molar-refractivity contribution is -0.0881. The molecule has 208 valence electrons. The van der Waals surface area contributed by atoms with Crippen LogP contribution in [0.5, 0.6) is 0 Å². The molecule has 0 saturated heterocycles. The number of methoxy groups -OCH3 is 1. The maximum atomic E-state index is 12.9. The number of aromatic nitrogens is 5. The molecular formula is C28H33F3N6O2. The van der Waals surface area contributed by atoms with Crippen LogP contribution in [0.1, 0.15) is 43.2 Å². The Hall–Kier alpha value is -4.41. The number of benzene rings is 1. The zero-order valence-electron chi connectivity index (χ0n) is 22.7. The second-order valence-electron chi connectivity index (χ2n) is 7.84. The van der Waals surface area contributed by atoms with Gasteiger partial charge in [-0.3, -0.25) is 4.68 Å². The number of ether oxygens (including phenoxy) is 2. The summed E-state index contributed by atoms with van der Waals surface area (Å²) in [6.07, 6.45) is 3.23. The Morgan fingerprint density at radius 2 is 1.72 bits per heavy atom. The molecule has 3 aromatic rings. The predicted molar refractivity (Wildman–Crippen MR) is 146 cm³/mol. The van der Waals surface area contributed by atoms with Crippen molar-refractivity contribution < 1.29 is 22.6 Å². The summed E-state index contributed by atoms with van der Waals surface area (Å²) in [6.45, 7) is 13.4. The van der Waals surface area contributed by atoms with Crippen LogP contribution in [-0.4, -0.2) is 44.0 Å². The molecule has 0 bridgehead atoms. The molecule has 0 amide bonds. The molecule has 11 heteroatoms. The molecule has 0 aliphatic rings. The SMILES string of the molecule is C=C/C(=C\C=C(/C)OCc1c(C(=NC(=C)c2ccc(Cn3nccn3)cc2)OC)cnn1C)C(F)(F)F.CC. The van der Waals surface area contributed by atoms with Gasteiger partial charge in [-0.2, -0.15) is 33.3 Å². The van der Waals surface area contributed by atoms with Crippen molar-refractivity contribution in [1.82, 2.24) is 24.8 Å². The zero-order valence-corrected chi connectivity index (χ0v) is 22.7. The first-order valence-corrected chi connectivity index (χ1v) is 12.1. The summed E-state index contributed by atoms with van der Waals surface area (Å²) in [5.41, 5.74) is 2.60. The molecule has 0 N–H and O–H groups in total. The van der Waals surface area contributed by atoms with Gasteiger partial charge in [0.2, 0.25) is 5.90 Å². The molecule has 2 aromatic heterocycles. The van der Waals surface area contributed by atoms with E-state index in [2.05, 4.69) is 33.4 Å². The Kier molecular flexibility index (Phi) is 11.5. The van der Waals surface area contributed by atoms with Gasteiger partial charge in [-0.25, -0.2) is 4.99 Å². The van der Waals surface area contributed by atoms with Crippen molar-refractivity contribution in [2.24, 2.45) is 12.0 Å². The fraction of sp³-hybridized carbons (Fsp3) is 0.286. The van der Waals surface area contributed by atoms with Crippen LogP contribution in [0.4, 0.5) is 13.2 Å². The lowest BCUT2D eigenvalue weighted by Crippen LogP contribution is -2.10. The first-order chi connectivity index (χ1) is 18.6. The van der Waals surface area contributed by atoms with Crippen LogP contribution in [0.3, 0.4) is 0 Å². The monoisotopic (exact) mass is 542 g/mol. The van der Waals surface area contributed by atoms with Gasteiger partial charge < -0.3 is 9.47 Å². The summed E-state index contributed by atoms with van der Waals surface area (Å²) < 4.78 is 51.4.